The summed E-state index contributed by atoms with van der Waals surface area (Å²) in [5.74, 6) is -0.347. The summed E-state index contributed by atoms with van der Waals surface area (Å²) in [6.45, 7) is 0. The van der Waals surface area contributed by atoms with E-state index >= 15 is 0 Å². The second-order valence-corrected chi connectivity index (χ2v) is 4.74. The number of nitrogens with one attached hydrogen (secondary N) is 2. The molecular weight excluding hydrogens is 345 g/mol. The summed E-state index contributed by atoms with van der Waals surface area (Å²) < 4.78 is 13.8. The fourth-order valence-corrected chi connectivity index (χ4v) is 1.95. The van der Waals surface area contributed by atoms with Crippen LogP contribution in [0.25, 0.3) is 0 Å². The molecule has 3 aromatic rings. The SMILES string of the molecule is Oc1cccc(Nc2ncc(F)c(Nc3cccc(O)c3)n2)c1.[Na].[Na]. The van der Waals surface area contributed by atoms with E-state index in [1.54, 1.807) is 24.3 Å². The first-order chi connectivity index (χ1) is 11.1. The van der Waals surface area contributed by atoms with Crippen molar-refractivity contribution >= 4 is 82.3 Å². The molecule has 0 fully saturated rings. The van der Waals surface area contributed by atoms with Gasteiger partial charge in [0.2, 0.25) is 5.95 Å². The molecule has 0 spiro atoms. The van der Waals surface area contributed by atoms with Gasteiger partial charge < -0.3 is 20.8 Å². The number of phenols is 2. The Morgan fingerprint density at radius 2 is 1.40 bits per heavy atom. The minimum atomic E-state index is -0.630. The molecule has 2 radical (unpaired) electrons. The molecule has 0 bridgehead atoms. The Balaban J connectivity index is 0.00000156. The minimum Gasteiger partial charge on any atom is -0.508 e. The van der Waals surface area contributed by atoms with Crippen LogP contribution in [-0.2, 0) is 0 Å². The number of aromatic nitrogens is 2. The molecule has 25 heavy (non-hydrogen) atoms. The Morgan fingerprint density at radius 1 is 0.840 bits per heavy atom. The zero-order chi connectivity index (χ0) is 16.2. The van der Waals surface area contributed by atoms with Gasteiger partial charge in [0, 0.05) is 82.6 Å². The average molecular weight is 358 g/mol. The molecule has 0 saturated heterocycles. The number of halogens is 1. The van der Waals surface area contributed by atoms with Gasteiger partial charge in [-0.15, -0.1) is 0 Å². The van der Waals surface area contributed by atoms with Crippen molar-refractivity contribution < 1.29 is 14.6 Å². The van der Waals surface area contributed by atoms with Crippen molar-refractivity contribution in [3.05, 3.63) is 60.5 Å². The number of hydrogen-bond acceptors (Lipinski definition) is 6. The van der Waals surface area contributed by atoms with Crippen LogP contribution in [0.15, 0.2) is 54.7 Å². The van der Waals surface area contributed by atoms with Gasteiger partial charge >= 0.3 is 0 Å². The first kappa shape index (κ1) is 21.7. The number of hydrogen-bond donors (Lipinski definition) is 4. The Bertz CT molecular complexity index is 852. The fourth-order valence-electron chi connectivity index (χ4n) is 1.95. The molecule has 0 saturated carbocycles. The van der Waals surface area contributed by atoms with Crippen molar-refractivity contribution in [2.75, 3.05) is 10.6 Å². The van der Waals surface area contributed by atoms with Crippen molar-refractivity contribution in [1.82, 2.24) is 9.97 Å². The molecule has 0 unspecified atom stereocenters. The molecule has 4 N–H and O–H groups in total. The van der Waals surface area contributed by atoms with Crippen molar-refractivity contribution in [2.24, 2.45) is 0 Å². The Morgan fingerprint density at radius 3 is 1.96 bits per heavy atom. The molecule has 2 aromatic carbocycles. The normalized spacial score (nSPS) is 9.48. The van der Waals surface area contributed by atoms with Crippen LogP contribution >= 0.6 is 0 Å². The van der Waals surface area contributed by atoms with Gasteiger partial charge in [-0.2, -0.15) is 4.98 Å². The number of benzene rings is 2. The van der Waals surface area contributed by atoms with E-state index < -0.39 is 5.82 Å². The van der Waals surface area contributed by atoms with Gasteiger partial charge in [0.05, 0.1) is 6.20 Å². The summed E-state index contributed by atoms with van der Waals surface area (Å²) in [7, 11) is 0. The average Bonchev–Trinajstić information content (AvgIpc) is 2.51. The number of phenolic OH excluding ortho intramolecular Hbond substituents is 2. The van der Waals surface area contributed by atoms with E-state index in [1.807, 2.05) is 0 Å². The molecular formula is C16H13FN4Na2O2. The second-order valence-electron chi connectivity index (χ2n) is 4.74. The summed E-state index contributed by atoms with van der Waals surface area (Å²) in [5.41, 5.74) is 1.06. The summed E-state index contributed by atoms with van der Waals surface area (Å²) >= 11 is 0. The van der Waals surface area contributed by atoms with Crippen molar-refractivity contribution in [1.29, 1.82) is 0 Å². The van der Waals surface area contributed by atoms with E-state index in [2.05, 4.69) is 20.6 Å². The largest absolute Gasteiger partial charge is 0.508 e. The van der Waals surface area contributed by atoms with E-state index in [0.29, 0.717) is 11.4 Å². The van der Waals surface area contributed by atoms with Gasteiger partial charge in [0.25, 0.3) is 0 Å². The number of rotatable bonds is 4. The molecule has 6 nitrogen and oxygen atoms in total. The summed E-state index contributed by atoms with van der Waals surface area (Å²) in [6.07, 6.45) is 1.03. The third kappa shape index (κ3) is 6.14. The van der Waals surface area contributed by atoms with Crippen molar-refractivity contribution in [2.45, 2.75) is 0 Å². The zero-order valence-electron chi connectivity index (χ0n) is 13.9. The summed E-state index contributed by atoms with van der Waals surface area (Å²) in [6, 6.07) is 12.7. The first-order valence-electron chi connectivity index (χ1n) is 6.75. The second kappa shape index (κ2) is 9.96. The van der Waals surface area contributed by atoms with Gasteiger partial charge in [-0.1, -0.05) is 12.1 Å². The molecule has 118 valence electrons. The minimum absolute atomic E-state index is 0. The van der Waals surface area contributed by atoms with Crippen LogP contribution in [0.2, 0.25) is 0 Å². The first-order valence-corrected chi connectivity index (χ1v) is 6.75. The van der Waals surface area contributed by atoms with E-state index in [0.717, 1.165) is 6.20 Å². The smallest absolute Gasteiger partial charge is 0.229 e. The standard InChI is InChI=1S/C16H13FN4O2.2Na/c17-14-9-18-16(20-11-4-2-6-13(23)8-11)21-15(14)19-10-3-1-5-12(22)7-10;;/h1-9,22-23H,(H2,18,19,20,21);;. The monoisotopic (exact) mass is 358 g/mol. The number of nitrogens with zero attached hydrogens (tertiary/aromatic N) is 2. The van der Waals surface area contributed by atoms with Crippen LogP contribution in [0.1, 0.15) is 0 Å². The van der Waals surface area contributed by atoms with Crippen molar-refractivity contribution in [3.8, 4) is 11.5 Å². The molecule has 0 aliphatic carbocycles. The Kier molecular flexibility index (Phi) is 8.64. The van der Waals surface area contributed by atoms with Gasteiger partial charge in [-0.05, 0) is 24.3 Å². The maximum atomic E-state index is 13.8. The third-order valence-electron chi connectivity index (χ3n) is 2.96. The van der Waals surface area contributed by atoms with Crippen LogP contribution in [0.5, 0.6) is 11.5 Å². The molecule has 1 aromatic heterocycles. The van der Waals surface area contributed by atoms with Crippen LogP contribution in [0, 0.1) is 5.82 Å². The van der Waals surface area contributed by atoms with E-state index in [4.69, 9.17) is 0 Å². The Labute approximate surface area is 188 Å². The van der Waals surface area contributed by atoms with Gasteiger partial charge in [-0.25, -0.2) is 9.37 Å². The van der Waals surface area contributed by atoms with E-state index in [9.17, 15) is 14.6 Å². The van der Waals surface area contributed by atoms with E-state index in [-0.39, 0.29) is 82.4 Å². The van der Waals surface area contributed by atoms with Crippen LogP contribution in [0.3, 0.4) is 0 Å². The number of aromatic hydroxyl groups is 2. The molecule has 0 atom stereocenters. The van der Waals surface area contributed by atoms with Crippen LogP contribution < -0.4 is 10.6 Å². The molecule has 0 aliphatic rings. The fraction of sp³-hybridized carbons (Fsp3) is 0. The zero-order valence-corrected chi connectivity index (χ0v) is 17.9. The Hall–Kier alpha value is -1.35. The maximum Gasteiger partial charge on any atom is 0.229 e. The van der Waals surface area contributed by atoms with Crippen LogP contribution in [-0.4, -0.2) is 79.3 Å². The quantitative estimate of drug-likeness (QED) is 0.536. The summed E-state index contributed by atoms with van der Waals surface area (Å²) in [4.78, 5) is 7.91. The predicted octanol–water partition coefficient (Wildman–Crippen LogP) is 2.75. The van der Waals surface area contributed by atoms with E-state index in [1.165, 1.54) is 24.3 Å². The van der Waals surface area contributed by atoms with Crippen LogP contribution in [0.4, 0.5) is 27.5 Å². The molecule has 1 heterocycles. The number of anilines is 4. The maximum absolute atomic E-state index is 13.8. The van der Waals surface area contributed by atoms with Gasteiger partial charge in [0.1, 0.15) is 11.5 Å². The topological polar surface area (TPSA) is 90.3 Å². The van der Waals surface area contributed by atoms with Gasteiger partial charge in [-0.3, -0.25) is 0 Å². The van der Waals surface area contributed by atoms with Gasteiger partial charge in [0.15, 0.2) is 11.6 Å². The third-order valence-corrected chi connectivity index (χ3v) is 2.96. The molecule has 0 aliphatic heterocycles. The molecule has 0 amide bonds. The molecule has 9 heteroatoms. The predicted molar refractivity (Wildman–Crippen MR) is 96.3 cm³/mol. The van der Waals surface area contributed by atoms with Crippen molar-refractivity contribution in [3.63, 3.8) is 0 Å². The summed E-state index contributed by atoms with van der Waals surface area (Å²) in [5, 5.41) is 24.5. The molecule has 3 rings (SSSR count).